The molecule has 0 radical (unpaired) electrons. The fraction of sp³-hybridized carbons (Fsp3) is 0.174. The maximum atomic E-state index is 13.6. The summed E-state index contributed by atoms with van der Waals surface area (Å²) in [6.07, 6.45) is 0. The number of methoxy groups -OCH3 is 1. The first-order valence-corrected chi connectivity index (χ1v) is 10.8. The van der Waals surface area contributed by atoms with Crippen molar-refractivity contribution in [3.05, 3.63) is 91.0 Å². The molecule has 1 atom stereocenters. The molecule has 3 rings (SSSR count). The summed E-state index contributed by atoms with van der Waals surface area (Å²) in [7, 11) is -2.39. The number of ether oxygens (including phenoxy) is 1. The van der Waals surface area contributed by atoms with Crippen molar-refractivity contribution in [2.75, 3.05) is 17.8 Å². The number of sulfone groups is 1. The summed E-state index contributed by atoms with van der Waals surface area (Å²) in [6, 6.07) is 26.3. The average molecular weight is 410 g/mol. The molecule has 0 fully saturated rings. The van der Waals surface area contributed by atoms with Crippen LogP contribution in [0.2, 0.25) is 0 Å². The molecule has 0 bridgehead atoms. The van der Waals surface area contributed by atoms with E-state index < -0.39 is 27.1 Å². The molecule has 150 valence electrons. The van der Waals surface area contributed by atoms with Gasteiger partial charge in [0.15, 0.2) is 15.4 Å². The molecule has 1 unspecified atom stereocenters. The van der Waals surface area contributed by atoms with E-state index in [1.807, 2.05) is 36.4 Å². The molecule has 0 aromatic heterocycles. The third-order valence-electron chi connectivity index (χ3n) is 4.70. The molecule has 0 N–H and O–H groups in total. The van der Waals surface area contributed by atoms with Gasteiger partial charge in [-0.05, 0) is 43.3 Å². The molecule has 1 amide bonds. The van der Waals surface area contributed by atoms with Crippen molar-refractivity contribution in [2.24, 2.45) is 0 Å². The molecule has 29 heavy (non-hydrogen) atoms. The summed E-state index contributed by atoms with van der Waals surface area (Å²) in [4.78, 5) is 15.3. The van der Waals surface area contributed by atoms with Crippen LogP contribution in [0.3, 0.4) is 0 Å². The summed E-state index contributed by atoms with van der Waals surface area (Å²) >= 11 is 0. The highest BCUT2D eigenvalue weighted by Gasteiger charge is 2.42. The van der Waals surface area contributed by atoms with E-state index in [4.69, 9.17) is 4.74 Å². The summed E-state index contributed by atoms with van der Waals surface area (Å²) < 4.78 is 31.4. The lowest BCUT2D eigenvalue weighted by Gasteiger charge is -2.33. The zero-order valence-corrected chi connectivity index (χ0v) is 17.2. The maximum absolute atomic E-state index is 13.6. The van der Waals surface area contributed by atoms with E-state index in [1.165, 1.54) is 31.1 Å². The van der Waals surface area contributed by atoms with Crippen molar-refractivity contribution in [2.45, 2.75) is 17.4 Å². The topological polar surface area (TPSA) is 63.7 Å². The second-order valence-electron chi connectivity index (χ2n) is 6.82. The average Bonchev–Trinajstić information content (AvgIpc) is 2.75. The monoisotopic (exact) mass is 409 g/mol. The molecule has 0 saturated carbocycles. The van der Waals surface area contributed by atoms with Gasteiger partial charge in [0.2, 0.25) is 0 Å². The van der Waals surface area contributed by atoms with Gasteiger partial charge in [0.1, 0.15) is 0 Å². The largest absolute Gasteiger partial charge is 0.368 e. The number of amides is 1. The lowest BCUT2D eigenvalue weighted by Crippen LogP contribution is -2.51. The molecule has 0 aliphatic carbocycles. The third-order valence-corrected chi connectivity index (χ3v) is 6.62. The number of para-hydroxylation sites is 2. The van der Waals surface area contributed by atoms with Gasteiger partial charge in [-0.1, -0.05) is 54.6 Å². The van der Waals surface area contributed by atoms with Crippen LogP contribution in [-0.4, -0.2) is 32.8 Å². The zero-order chi connectivity index (χ0) is 20.9. The number of benzene rings is 3. The van der Waals surface area contributed by atoms with Crippen molar-refractivity contribution in [1.29, 1.82) is 0 Å². The van der Waals surface area contributed by atoms with Gasteiger partial charge in [0.05, 0.1) is 10.6 Å². The van der Waals surface area contributed by atoms with Crippen molar-refractivity contribution in [3.63, 3.8) is 0 Å². The minimum absolute atomic E-state index is 0.155. The molecule has 3 aromatic carbocycles. The van der Waals surface area contributed by atoms with Gasteiger partial charge in [-0.15, -0.1) is 0 Å². The van der Waals surface area contributed by atoms with Gasteiger partial charge in [-0.25, -0.2) is 8.42 Å². The normalized spacial score (nSPS) is 13.4. The number of hydrogen-bond acceptors (Lipinski definition) is 4. The highest BCUT2D eigenvalue weighted by molar-refractivity contribution is 7.91. The van der Waals surface area contributed by atoms with Crippen LogP contribution in [0.15, 0.2) is 95.9 Å². The number of hydrogen-bond donors (Lipinski definition) is 0. The first kappa shape index (κ1) is 20.8. The molecule has 0 heterocycles. The number of carbonyl (C=O) groups is 1. The van der Waals surface area contributed by atoms with Gasteiger partial charge in [-0.3, -0.25) is 9.69 Å². The Labute approximate surface area is 171 Å². The predicted octanol–water partition coefficient (Wildman–Crippen LogP) is 4.23. The fourth-order valence-electron chi connectivity index (χ4n) is 3.06. The smallest absolute Gasteiger partial charge is 0.264 e. The molecule has 0 saturated heterocycles. The highest BCUT2D eigenvalue weighted by Crippen LogP contribution is 2.30. The molecular weight excluding hydrogens is 386 g/mol. The first-order chi connectivity index (χ1) is 13.9. The van der Waals surface area contributed by atoms with E-state index in [0.717, 1.165) is 0 Å². The zero-order valence-electron chi connectivity index (χ0n) is 16.4. The number of anilines is 2. The van der Waals surface area contributed by atoms with Gasteiger partial charge < -0.3 is 4.74 Å². The summed E-state index contributed by atoms with van der Waals surface area (Å²) in [5.41, 5.74) is -0.325. The predicted molar refractivity (Wildman–Crippen MR) is 114 cm³/mol. The van der Waals surface area contributed by atoms with Crippen molar-refractivity contribution in [3.8, 4) is 0 Å². The van der Waals surface area contributed by atoms with Crippen LogP contribution in [0.5, 0.6) is 0 Å². The lowest BCUT2D eigenvalue weighted by molar-refractivity contribution is -0.135. The van der Waals surface area contributed by atoms with E-state index in [9.17, 15) is 13.2 Å². The van der Waals surface area contributed by atoms with Gasteiger partial charge >= 0.3 is 0 Å². The molecular formula is C23H23NO4S. The Morgan fingerprint density at radius 2 is 1.24 bits per heavy atom. The van der Waals surface area contributed by atoms with Crippen LogP contribution < -0.4 is 4.90 Å². The minimum Gasteiger partial charge on any atom is -0.368 e. The first-order valence-electron chi connectivity index (χ1n) is 9.15. The fourth-order valence-corrected chi connectivity index (χ4v) is 4.76. The summed E-state index contributed by atoms with van der Waals surface area (Å²) in [5, 5.41) is 0. The Morgan fingerprint density at radius 1 is 0.828 bits per heavy atom. The quantitative estimate of drug-likeness (QED) is 0.586. The second kappa shape index (κ2) is 8.59. The molecule has 0 aliphatic rings. The van der Waals surface area contributed by atoms with Crippen molar-refractivity contribution >= 4 is 27.1 Å². The van der Waals surface area contributed by atoms with Gasteiger partial charge in [0.25, 0.3) is 5.91 Å². The maximum Gasteiger partial charge on any atom is 0.264 e. The SMILES string of the molecule is COC(C)(CS(=O)(=O)c1ccccc1)C(=O)N(c1ccccc1)c1ccccc1. The van der Waals surface area contributed by atoms with E-state index in [2.05, 4.69) is 0 Å². The minimum atomic E-state index is -3.75. The molecule has 0 aliphatic heterocycles. The van der Waals surface area contributed by atoms with Crippen molar-refractivity contribution < 1.29 is 17.9 Å². The Balaban J connectivity index is 2.03. The van der Waals surface area contributed by atoms with E-state index in [-0.39, 0.29) is 4.90 Å². The van der Waals surface area contributed by atoms with Crippen molar-refractivity contribution in [1.82, 2.24) is 0 Å². The lowest BCUT2D eigenvalue weighted by atomic mass is 10.1. The number of nitrogens with zero attached hydrogens (tertiary/aromatic N) is 1. The van der Waals surface area contributed by atoms with E-state index >= 15 is 0 Å². The molecule has 0 spiro atoms. The van der Waals surface area contributed by atoms with Gasteiger partial charge in [0, 0.05) is 18.5 Å². The van der Waals surface area contributed by atoms with Crippen LogP contribution in [0.25, 0.3) is 0 Å². The Kier molecular flexibility index (Phi) is 6.15. The Hall–Kier alpha value is -2.96. The van der Waals surface area contributed by atoms with Crippen LogP contribution in [0.4, 0.5) is 11.4 Å². The summed E-state index contributed by atoms with van der Waals surface area (Å²) in [6.45, 7) is 1.51. The standard InChI is InChI=1S/C23H23NO4S/c1-23(28-2,18-29(26,27)21-16-10-5-11-17-21)22(25)24(19-12-6-3-7-13-19)20-14-8-4-9-15-20/h3-17H,18H2,1-2H3. The third kappa shape index (κ3) is 4.55. The second-order valence-corrected chi connectivity index (χ2v) is 8.81. The number of carbonyl (C=O) groups excluding carboxylic acids is 1. The van der Waals surface area contributed by atoms with Crippen LogP contribution in [0.1, 0.15) is 6.92 Å². The Bertz CT molecular complexity index is 1010. The molecule has 5 nitrogen and oxygen atoms in total. The number of rotatable bonds is 7. The Morgan fingerprint density at radius 3 is 1.66 bits per heavy atom. The van der Waals surface area contributed by atoms with Crippen LogP contribution >= 0.6 is 0 Å². The van der Waals surface area contributed by atoms with E-state index in [1.54, 1.807) is 42.5 Å². The van der Waals surface area contributed by atoms with Gasteiger partial charge in [-0.2, -0.15) is 0 Å². The highest BCUT2D eigenvalue weighted by atomic mass is 32.2. The molecule has 6 heteroatoms. The van der Waals surface area contributed by atoms with Crippen LogP contribution in [-0.2, 0) is 19.4 Å². The van der Waals surface area contributed by atoms with E-state index in [0.29, 0.717) is 11.4 Å². The summed E-state index contributed by atoms with van der Waals surface area (Å²) in [5.74, 6) is -0.938. The van der Waals surface area contributed by atoms with Crippen LogP contribution in [0, 0.1) is 0 Å². The molecule has 3 aromatic rings.